The number of nitrogens with one attached hydrogen (secondary N) is 1. The standard InChI is InChI=1S/C17H19N3/c1-2-10-20-11-7-15(8-12-20)19-16-5-6-17-14(13-16)4-3-9-18-17/h1,3-6,9,13,15,19H,7-8,10-12H2. The Morgan fingerprint density at radius 1 is 1.30 bits per heavy atom. The van der Waals surface area contributed by atoms with Gasteiger partial charge >= 0.3 is 0 Å². The Balaban J connectivity index is 1.64. The van der Waals surface area contributed by atoms with Crippen molar-refractivity contribution in [2.45, 2.75) is 18.9 Å². The molecule has 1 aromatic heterocycles. The number of anilines is 1. The van der Waals surface area contributed by atoms with Crippen LogP contribution in [0, 0.1) is 12.3 Å². The highest BCUT2D eigenvalue weighted by Crippen LogP contribution is 2.20. The lowest BCUT2D eigenvalue weighted by atomic mass is 10.0. The molecular weight excluding hydrogens is 246 g/mol. The molecule has 3 rings (SSSR count). The van der Waals surface area contributed by atoms with Gasteiger partial charge in [-0.2, -0.15) is 0 Å². The molecule has 102 valence electrons. The van der Waals surface area contributed by atoms with Crippen LogP contribution in [-0.2, 0) is 0 Å². The number of aromatic nitrogens is 1. The molecule has 0 aliphatic carbocycles. The van der Waals surface area contributed by atoms with Gasteiger partial charge in [0.1, 0.15) is 0 Å². The van der Waals surface area contributed by atoms with Gasteiger partial charge in [-0.15, -0.1) is 6.42 Å². The van der Waals surface area contributed by atoms with E-state index < -0.39 is 0 Å². The second-order valence-corrected chi connectivity index (χ2v) is 5.31. The molecule has 2 aromatic rings. The van der Waals surface area contributed by atoms with Gasteiger partial charge in [0.05, 0.1) is 12.1 Å². The van der Waals surface area contributed by atoms with E-state index >= 15 is 0 Å². The molecule has 1 aromatic carbocycles. The lowest BCUT2D eigenvalue weighted by Gasteiger charge is -2.31. The molecule has 20 heavy (non-hydrogen) atoms. The highest BCUT2D eigenvalue weighted by atomic mass is 15.1. The van der Waals surface area contributed by atoms with E-state index in [0.29, 0.717) is 6.04 Å². The van der Waals surface area contributed by atoms with Gasteiger partial charge < -0.3 is 5.32 Å². The normalized spacial score (nSPS) is 16.9. The summed E-state index contributed by atoms with van der Waals surface area (Å²) in [4.78, 5) is 6.68. The molecule has 0 amide bonds. The van der Waals surface area contributed by atoms with Crippen LogP contribution in [0.25, 0.3) is 10.9 Å². The van der Waals surface area contributed by atoms with Gasteiger partial charge in [0, 0.05) is 36.4 Å². The van der Waals surface area contributed by atoms with E-state index in [1.807, 2.05) is 12.3 Å². The van der Waals surface area contributed by atoms with Crippen molar-refractivity contribution in [2.75, 3.05) is 25.0 Å². The fraction of sp³-hybridized carbons (Fsp3) is 0.353. The molecule has 3 heteroatoms. The number of likely N-dealkylation sites (tertiary alicyclic amines) is 1. The topological polar surface area (TPSA) is 28.2 Å². The Bertz CT molecular complexity index is 621. The Labute approximate surface area is 120 Å². The van der Waals surface area contributed by atoms with Crippen molar-refractivity contribution in [3.05, 3.63) is 36.5 Å². The first-order valence-electron chi connectivity index (χ1n) is 7.12. The van der Waals surface area contributed by atoms with Crippen molar-refractivity contribution in [3.8, 4) is 12.3 Å². The summed E-state index contributed by atoms with van der Waals surface area (Å²) >= 11 is 0. The Kier molecular flexibility index (Phi) is 3.85. The smallest absolute Gasteiger partial charge is 0.0703 e. The van der Waals surface area contributed by atoms with Crippen LogP contribution in [0.5, 0.6) is 0 Å². The predicted octanol–water partition coefficient (Wildman–Crippen LogP) is 2.74. The van der Waals surface area contributed by atoms with Crippen molar-refractivity contribution < 1.29 is 0 Å². The molecule has 2 heterocycles. The Morgan fingerprint density at radius 3 is 2.95 bits per heavy atom. The third-order valence-corrected chi connectivity index (χ3v) is 3.88. The first kappa shape index (κ1) is 13.0. The number of nitrogens with zero attached hydrogens (tertiary/aromatic N) is 2. The first-order chi connectivity index (χ1) is 9.85. The lowest BCUT2D eigenvalue weighted by molar-refractivity contribution is 0.243. The van der Waals surface area contributed by atoms with E-state index in [2.05, 4.69) is 45.4 Å². The third kappa shape index (κ3) is 2.92. The number of pyridine rings is 1. The molecule has 0 radical (unpaired) electrons. The van der Waals surface area contributed by atoms with Crippen LogP contribution in [0.4, 0.5) is 5.69 Å². The maximum atomic E-state index is 5.36. The summed E-state index contributed by atoms with van der Waals surface area (Å²) in [6, 6.07) is 11.0. The Morgan fingerprint density at radius 2 is 2.15 bits per heavy atom. The van der Waals surface area contributed by atoms with E-state index in [0.717, 1.165) is 38.0 Å². The van der Waals surface area contributed by atoms with Gasteiger partial charge in [-0.25, -0.2) is 0 Å². The third-order valence-electron chi connectivity index (χ3n) is 3.88. The summed E-state index contributed by atoms with van der Waals surface area (Å²) < 4.78 is 0. The van der Waals surface area contributed by atoms with Crippen LogP contribution in [0.2, 0.25) is 0 Å². The maximum Gasteiger partial charge on any atom is 0.0703 e. The highest BCUT2D eigenvalue weighted by Gasteiger charge is 2.18. The summed E-state index contributed by atoms with van der Waals surface area (Å²) in [6.45, 7) is 2.93. The molecule has 0 unspecified atom stereocenters. The number of rotatable bonds is 3. The van der Waals surface area contributed by atoms with Gasteiger partial charge in [-0.1, -0.05) is 12.0 Å². The summed E-state index contributed by atoms with van der Waals surface area (Å²) in [6.07, 6.45) is 9.48. The van der Waals surface area contributed by atoms with Crippen LogP contribution < -0.4 is 5.32 Å². The van der Waals surface area contributed by atoms with Crippen molar-refractivity contribution >= 4 is 16.6 Å². The molecule has 1 N–H and O–H groups in total. The van der Waals surface area contributed by atoms with Crippen molar-refractivity contribution in [1.82, 2.24) is 9.88 Å². The van der Waals surface area contributed by atoms with E-state index in [4.69, 9.17) is 6.42 Å². The zero-order valence-corrected chi connectivity index (χ0v) is 11.5. The second-order valence-electron chi connectivity index (χ2n) is 5.31. The maximum absolute atomic E-state index is 5.36. The number of fused-ring (bicyclic) bond motifs is 1. The van der Waals surface area contributed by atoms with Crippen molar-refractivity contribution in [2.24, 2.45) is 0 Å². The SMILES string of the molecule is C#CCN1CCC(Nc2ccc3ncccc3c2)CC1. The lowest BCUT2D eigenvalue weighted by Crippen LogP contribution is -2.39. The summed E-state index contributed by atoms with van der Waals surface area (Å²) in [5.74, 6) is 2.72. The van der Waals surface area contributed by atoms with E-state index in [1.54, 1.807) is 0 Å². The monoisotopic (exact) mass is 265 g/mol. The minimum Gasteiger partial charge on any atom is -0.382 e. The zero-order chi connectivity index (χ0) is 13.8. The minimum absolute atomic E-state index is 0.540. The Hall–Kier alpha value is -2.05. The van der Waals surface area contributed by atoms with E-state index in [1.165, 1.54) is 11.1 Å². The molecule has 3 nitrogen and oxygen atoms in total. The first-order valence-corrected chi connectivity index (χ1v) is 7.12. The molecule has 0 saturated carbocycles. The quantitative estimate of drug-likeness (QED) is 0.865. The van der Waals surface area contributed by atoms with Crippen LogP contribution in [-0.4, -0.2) is 35.6 Å². The molecule has 0 spiro atoms. The van der Waals surface area contributed by atoms with Crippen LogP contribution >= 0.6 is 0 Å². The van der Waals surface area contributed by atoms with Crippen LogP contribution in [0.3, 0.4) is 0 Å². The molecule has 0 bridgehead atoms. The second kappa shape index (κ2) is 5.94. The molecule has 0 atom stereocenters. The van der Waals surface area contributed by atoms with Gasteiger partial charge in [0.15, 0.2) is 0 Å². The minimum atomic E-state index is 0.540. The van der Waals surface area contributed by atoms with Crippen LogP contribution in [0.15, 0.2) is 36.5 Å². The average molecular weight is 265 g/mol. The molecular formula is C17H19N3. The van der Waals surface area contributed by atoms with E-state index in [9.17, 15) is 0 Å². The molecule has 1 aliphatic heterocycles. The van der Waals surface area contributed by atoms with Crippen LogP contribution in [0.1, 0.15) is 12.8 Å². The number of benzene rings is 1. The fourth-order valence-corrected chi connectivity index (χ4v) is 2.77. The highest BCUT2D eigenvalue weighted by molar-refractivity contribution is 5.82. The zero-order valence-electron chi connectivity index (χ0n) is 11.5. The summed E-state index contributed by atoms with van der Waals surface area (Å²) in [5, 5.41) is 4.81. The van der Waals surface area contributed by atoms with Gasteiger partial charge in [-0.3, -0.25) is 9.88 Å². The molecule has 1 aliphatic rings. The average Bonchev–Trinajstić information content (AvgIpc) is 2.49. The van der Waals surface area contributed by atoms with Gasteiger partial charge in [-0.05, 0) is 37.1 Å². The predicted molar refractivity (Wildman–Crippen MR) is 83.7 cm³/mol. The summed E-state index contributed by atoms with van der Waals surface area (Å²) in [5.41, 5.74) is 2.22. The molecule has 1 fully saturated rings. The van der Waals surface area contributed by atoms with E-state index in [-0.39, 0.29) is 0 Å². The van der Waals surface area contributed by atoms with Gasteiger partial charge in [0.25, 0.3) is 0 Å². The fourth-order valence-electron chi connectivity index (χ4n) is 2.77. The number of hydrogen-bond donors (Lipinski definition) is 1. The number of piperidine rings is 1. The summed E-state index contributed by atoms with van der Waals surface area (Å²) in [7, 11) is 0. The van der Waals surface area contributed by atoms with Gasteiger partial charge in [0.2, 0.25) is 0 Å². The number of terminal acetylenes is 1. The largest absolute Gasteiger partial charge is 0.382 e. The molecule has 1 saturated heterocycles. The van der Waals surface area contributed by atoms with Crippen molar-refractivity contribution in [1.29, 1.82) is 0 Å². The number of hydrogen-bond acceptors (Lipinski definition) is 3. The van der Waals surface area contributed by atoms with Crippen molar-refractivity contribution in [3.63, 3.8) is 0 Å².